The van der Waals surface area contributed by atoms with Crippen LogP contribution in [-0.4, -0.2) is 22.3 Å². The van der Waals surface area contributed by atoms with Crippen molar-refractivity contribution < 1.29 is 9.21 Å². The molecular weight excluding hydrogens is 210 g/mol. The van der Waals surface area contributed by atoms with Gasteiger partial charge in [-0.1, -0.05) is 0 Å². The fourth-order valence-corrected chi connectivity index (χ4v) is 2.97. The predicted molar refractivity (Wildman–Crippen MR) is 60.3 cm³/mol. The molecule has 1 saturated heterocycles. The Morgan fingerprint density at radius 3 is 2.93 bits per heavy atom. The smallest absolute Gasteiger partial charge is 0.194 e. The zero-order chi connectivity index (χ0) is 10.7. The van der Waals surface area contributed by atoms with E-state index in [9.17, 15) is 4.79 Å². The third-order valence-electron chi connectivity index (χ3n) is 2.72. The average Bonchev–Trinajstić information content (AvgIpc) is 2.68. The van der Waals surface area contributed by atoms with Gasteiger partial charge in [-0.3, -0.25) is 4.79 Å². The fourth-order valence-electron chi connectivity index (χ4n) is 1.76. The zero-order valence-corrected chi connectivity index (χ0v) is 9.68. The molecule has 0 aliphatic carbocycles. The number of hydrogen-bond donors (Lipinski definition) is 0. The summed E-state index contributed by atoms with van der Waals surface area (Å²) in [6, 6.07) is 0. The number of thioether (sulfide) groups is 1. The number of carbonyl (C=O) groups excluding carboxylic acids is 1. The summed E-state index contributed by atoms with van der Waals surface area (Å²) in [7, 11) is 0. The number of hydrogen-bond acceptors (Lipinski definition) is 4. The van der Waals surface area contributed by atoms with E-state index < -0.39 is 0 Å². The summed E-state index contributed by atoms with van der Waals surface area (Å²) < 4.78 is 5.29. The molecule has 0 unspecified atom stereocenters. The molecule has 0 bridgehead atoms. The number of rotatable bonds is 3. The van der Waals surface area contributed by atoms with Crippen molar-refractivity contribution in [1.29, 1.82) is 0 Å². The fraction of sp³-hybridized carbons (Fsp3) is 0.636. The van der Waals surface area contributed by atoms with Crippen molar-refractivity contribution in [3.63, 3.8) is 0 Å². The first kappa shape index (κ1) is 10.7. The molecule has 0 spiro atoms. The Morgan fingerprint density at radius 1 is 1.60 bits per heavy atom. The minimum Gasteiger partial charge on any atom is -0.448 e. The van der Waals surface area contributed by atoms with E-state index >= 15 is 0 Å². The summed E-state index contributed by atoms with van der Waals surface area (Å²) in [5.74, 6) is 3.86. The average molecular weight is 225 g/mol. The van der Waals surface area contributed by atoms with Crippen molar-refractivity contribution >= 4 is 17.5 Å². The Labute approximate surface area is 93.6 Å². The summed E-state index contributed by atoms with van der Waals surface area (Å²) in [5, 5.41) is 0. The molecule has 2 heterocycles. The van der Waals surface area contributed by atoms with Gasteiger partial charge in [-0.05, 0) is 30.3 Å². The molecule has 2 rings (SSSR count). The minimum absolute atomic E-state index is 0.0239. The Kier molecular flexibility index (Phi) is 3.46. The van der Waals surface area contributed by atoms with E-state index in [2.05, 4.69) is 4.98 Å². The number of Topliss-reactive ketones (excluding diaryl/α,β-unsaturated/α-hetero) is 1. The lowest BCUT2D eigenvalue weighted by molar-refractivity contribution is 0.101. The molecular formula is C11H15NO2S. The van der Waals surface area contributed by atoms with Crippen molar-refractivity contribution in [3.05, 3.63) is 17.8 Å². The van der Waals surface area contributed by atoms with E-state index in [0.29, 0.717) is 11.6 Å². The molecule has 1 aromatic heterocycles. The summed E-state index contributed by atoms with van der Waals surface area (Å²) in [5.41, 5.74) is 0.454. The third kappa shape index (κ3) is 2.84. The lowest BCUT2D eigenvalue weighted by Gasteiger charge is -2.19. The van der Waals surface area contributed by atoms with Gasteiger partial charge in [0.05, 0.1) is 0 Å². The van der Waals surface area contributed by atoms with Crippen LogP contribution < -0.4 is 0 Å². The van der Waals surface area contributed by atoms with E-state index in [0.717, 1.165) is 12.3 Å². The van der Waals surface area contributed by atoms with Crippen LogP contribution in [0.3, 0.4) is 0 Å². The molecule has 1 aliphatic heterocycles. The predicted octanol–water partition coefficient (Wildman–Crippen LogP) is 2.56. The van der Waals surface area contributed by atoms with Crippen molar-refractivity contribution in [2.45, 2.75) is 26.2 Å². The standard InChI is InChI=1S/C11H15NO2S/c1-8(13)10-7-14-11(12-10)6-9-2-4-15-5-3-9/h7,9H,2-6H2,1H3. The first-order chi connectivity index (χ1) is 7.25. The Balaban J connectivity index is 1.94. The van der Waals surface area contributed by atoms with Crippen LogP contribution in [0.15, 0.2) is 10.7 Å². The number of nitrogens with zero attached hydrogens (tertiary/aromatic N) is 1. The van der Waals surface area contributed by atoms with Gasteiger partial charge < -0.3 is 4.42 Å². The van der Waals surface area contributed by atoms with Crippen LogP contribution in [0.25, 0.3) is 0 Å². The summed E-state index contributed by atoms with van der Waals surface area (Å²) in [6.07, 6.45) is 4.83. The summed E-state index contributed by atoms with van der Waals surface area (Å²) in [6.45, 7) is 1.51. The molecule has 1 aromatic rings. The summed E-state index contributed by atoms with van der Waals surface area (Å²) in [4.78, 5) is 15.2. The topological polar surface area (TPSA) is 43.1 Å². The quantitative estimate of drug-likeness (QED) is 0.741. The van der Waals surface area contributed by atoms with E-state index in [-0.39, 0.29) is 5.78 Å². The summed E-state index contributed by atoms with van der Waals surface area (Å²) >= 11 is 2.01. The molecule has 3 nitrogen and oxygen atoms in total. The van der Waals surface area contributed by atoms with Crippen molar-refractivity contribution in [2.24, 2.45) is 5.92 Å². The number of oxazole rings is 1. The molecule has 0 radical (unpaired) electrons. The van der Waals surface area contributed by atoms with Crippen LogP contribution in [0.1, 0.15) is 36.1 Å². The van der Waals surface area contributed by atoms with Gasteiger partial charge in [-0.25, -0.2) is 4.98 Å². The highest BCUT2D eigenvalue weighted by atomic mass is 32.2. The normalized spacial score (nSPS) is 17.9. The second-order valence-electron chi connectivity index (χ2n) is 3.94. The van der Waals surface area contributed by atoms with Crippen LogP contribution in [0.4, 0.5) is 0 Å². The molecule has 82 valence electrons. The van der Waals surface area contributed by atoms with Crippen LogP contribution >= 0.6 is 11.8 Å². The van der Waals surface area contributed by atoms with Crippen molar-refractivity contribution in [3.8, 4) is 0 Å². The monoisotopic (exact) mass is 225 g/mol. The minimum atomic E-state index is -0.0239. The number of carbonyl (C=O) groups is 1. The molecule has 0 aromatic carbocycles. The second kappa shape index (κ2) is 4.84. The molecule has 0 N–H and O–H groups in total. The van der Waals surface area contributed by atoms with Crippen LogP contribution in [0, 0.1) is 5.92 Å². The largest absolute Gasteiger partial charge is 0.448 e. The van der Waals surface area contributed by atoms with Gasteiger partial charge in [-0.2, -0.15) is 11.8 Å². The molecule has 1 aliphatic rings. The number of ketones is 1. The highest BCUT2D eigenvalue weighted by molar-refractivity contribution is 7.99. The zero-order valence-electron chi connectivity index (χ0n) is 8.86. The van der Waals surface area contributed by atoms with Gasteiger partial charge in [-0.15, -0.1) is 0 Å². The van der Waals surface area contributed by atoms with E-state index in [1.165, 1.54) is 37.5 Å². The maximum atomic E-state index is 11.0. The van der Waals surface area contributed by atoms with Crippen molar-refractivity contribution in [1.82, 2.24) is 4.98 Å². The van der Waals surface area contributed by atoms with Crippen molar-refractivity contribution in [2.75, 3.05) is 11.5 Å². The molecule has 0 atom stereocenters. The Bertz CT molecular complexity index is 342. The van der Waals surface area contributed by atoms with Gasteiger partial charge in [0.25, 0.3) is 0 Å². The molecule has 1 fully saturated rings. The van der Waals surface area contributed by atoms with Crippen LogP contribution in [-0.2, 0) is 6.42 Å². The molecule has 15 heavy (non-hydrogen) atoms. The van der Waals surface area contributed by atoms with Crippen LogP contribution in [0.5, 0.6) is 0 Å². The lowest BCUT2D eigenvalue weighted by Crippen LogP contribution is -2.12. The van der Waals surface area contributed by atoms with E-state index in [1.807, 2.05) is 11.8 Å². The van der Waals surface area contributed by atoms with Gasteiger partial charge in [0.1, 0.15) is 12.0 Å². The third-order valence-corrected chi connectivity index (χ3v) is 3.77. The maximum absolute atomic E-state index is 11.0. The maximum Gasteiger partial charge on any atom is 0.194 e. The SMILES string of the molecule is CC(=O)c1coc(CC2CCSCC2)n1. The van der Waals surface area contributed by atoms with Gasteiger partial charge in [0.15, 0.2) is 11.7 Å². The Hall–Kier alpha value is -0.770. The first-order valence-corrected chi connectivity index (χ1v) is 6.44. The van der Waals surface area contributed by atoms with Gasteiger partial charge >= 0.3 is 0 Å². The van der Waals surface area contributed by atoms with E-state index in [4.69, 9.17) is 4.42 Å². The highest BCUT2D eigenvalue weighted by Gasteiger charge is 2.17. The first-order valence-electron chi connectivity index (χ1n) is 5.29. The lowest BCUT2D eigenvalue weighted by atomic mass is 9.99. The van der Waals surface area contributed by atoms with E-state index in [1.54, 1.807) is 0 Å². The second-order valence-corrected chi connectivity index (χ2v) is 5.17. The molecule has 4 heteroatoms. The van der Waals surface area contributed by atoms with Gasteiger partial charge in [0, 0.05) is 13.3 Å². The van der Waals surface area contributed by atoms with Crippen LogP contribution in [0.2, 0.25) is 0 Å². The molecule has 0 saturated carbocycles. The highest BCUT2D eigenvalue weighted by Crippen LogP contribution is 2.25. The number of aromatic nitrogens is 1. The van der Waals surface area contributed by atoms with Gasteiger partial charge in [0.2, 0.25) is 0 Å². The Morgan fingerprint density at radius 2 is 2.33 bits per heavy atom. The molecule has 0 amide bonds.